The molecule has 2 aromatic rings. The van der Waals surface area contributed by atoms with E-state index < -0.39 is 5.82 Å². The van der Waals surface area contributed by atoms with Crippen molar-refractivity contribution in [3.63, 3.8) is 0 Å². The number of rotatable bonds is 6. The lowest BCUT2D eigenvalue weighted by molar-refractivity contribution is 0.528. The minimum Gasteiger partial charge on any atom is -0.310 e. The molecule has 1 aromatic heterocycles. The first kappa shape index (κ1) is 17.0. The first-order valence-corrected chi connectivity index (χ1v) is 8.59. The van der Waals surface area contributed by atoms with Crippen LogP contribution in [0.2, 0.25) is 13.7 Å². The van der Waals surface area contributed by atoms with Crippen LogP contribution in [0.15, 0.2) is 24.3 Å². The third kappa shape index (κ3) is 4.33. The van der Waals surface area contributed by atoms with Crippen LogP contribution in [0.25, 0.3) is 0 Å². The SMILES string of the molecule is CCCNC(Cc1cccc(F)c1Cl)c1cc(Cl)sc1Cl. The monoisotopic (exact) mass is 365 g/mol. The first-order valence-electron chi connectivity index (χ1n) is 6.64. The Labute approximate surface area is 143 Å². The zero-order valence-corrected chi connectivity index (χ0v) is 14.5. The summed E-state index contributed by atoms with van der Waals surface area (Å²) in [6.07, 6.45) is 1.55. The van der Waals surface area contributed by atoms with Crippen molar-refractivity contribution in [1.82, 2.24) is 5.32 Å². The number of hydrogen-bond acceptors (Lipinski definition) is 2. The summed E-state index contributed by atoms with van der Waals surface area (Å²) in [7, 11) is 0. The smallest absolute Gasteiger partial charge is 0.142 e. The second-order valence-corrected chi connectivity index (χ2v) is 7.37. The van der Waals surface area contributed by atoms with E-state index in [9.17, 15) is 4.39 Å². The minimum absolute atomic E-state index is 0.0412. The molecule has 1 atom stereocenters. The van der Waals surface area contributed by atoms with Crippen LogP contribution in [0.1, 0.15) is 30.5 Å². The van der Waals surface area contributed by atoms with Crippen molar-refractivity contribution in [2.75, 3.05) is 6.54 Å². The van der Waals surface area contributed by atoms with Crippen molar-refractivity contribution >= 4 is 46.1 Å². The van der Waals surface area contributed by atoms with Crippen molar-refractivity contribution < 1.29 is 4.39 Å². The largest absolute Gasteiger partial charge is 0.310 e. The zero-order valence-electron chi connectivity index (χ0n) is 11.4. The predicted octanol–water partition coefficient (Wildman–Crippen LogP) is 6.13. The molecule has 1 aromatic carbocycles. The Hall–Kier alpha value is -0.320. The van der Waals surface area contributed by atoms with Gasteiger partial charge in [0.05, 0.1) is 13.7 Å². The summed E-state index contributed by atoms with van der Waals surface area (Å²) in [5.41, 5.74) is 1.68. The van der Waals surface area contributed by atoms with E-state index in [0.29, 0.717) is 15.1 Å². The van der Waals surface area contributed by atoms with Gasteiger partial charge < -0.3 is 5.32 Å². The zero-order chi connectivity index (χ0) is 15.4. The van der Waals surface area contributed by atoms with Gasteiger partial charge in [-0.25, -0.2) is 4.39 Å². The topological polar surface area (TPSA) is 12.0 Å². The molecule has 21 heavy (non-hydrogen) atoms. The summed E-state index contributed by atoms with van der Waals surface area (Å²) >= 11 is 19.6. The molecule has 6 heteroatoms. The number of nitrogens with one attached hydrogen (secondary N) is 1. The van der Waals surface area contributed by atoms with E-state index in [1.165, 1.54) is 17.4 Å². The van der Waals surface area contributed by atoms with E-state index >= 15 is 0 Å². The van der Waals surface area contributed by atoms with E-state index in [1.54, 1.807) is 6.07 Å². The Kier molecular flexibility index (Phi) is 6.33. The molecule has 1 unspecified atom stereocenters. The summed E-state index contributed by atoms with van der Waals surface area (Å²) < 4.78 is 14.9. The molecule has 0 aliphatic carbocycles. The lowest BCUT2D eigenvalue weighted by atomic mass is 10.0. The molecule has 0 aliphatic rings. The number of halogens is 4. The molecule has 0 bridgehead atoms. The van der Waals surface area contributed by atoms with Crippen LogP contribution >= 0.6 is 46.1 Å². The molecule has 1 heterocycles. The van der Waals surface area contributed by atoms with E-state index in [-0.39, 0.29) is 11.1 Å². The fraction of sp³-hybridized carbons (Fsp3) is 0.333. The normalized spacial score (nSPS) is 12.6. The summed E-state index contributed by atoms with van der Waals surface area (Å²) in [5, 5.41) is 3.58. The van der Waals surface area contributed by atoms with Crippen molar-refractivity contribution in [2.45, 2.75) is 25.8 Å². The van der Waals surface area contributed by atoms with Crippen molar-refractivity contribution in [3.05, 3.63) is 54.9 Å². The van der Waals surface area contributed by atoms with Crippen LogP contribution in [0.3, 0.4) is 0 Å². The highest BCUT2D eigenvalue weighted by Crippen LogP contribution is 2.37. The Morgan fingerprint density at radius 3 is 2.67 bits per heavy atom. The van der Waals surface area contributed by atoms with Gasteiger partial charge in [-0.2, -0.15) is 0 Å². The molecular formula is C15H15Cl3FNS. The molecule has 1 N–H and O–H groups in total. The Bertz CT molecular complexity index is 615. The third-order valence-corrected chi connectivity index (χ3v) is 5.10. The van der Waals surface area contributed by atoms with Gasteiger partial charge in [-0.15, -0.1) is 11.3 Å². The van der Waals surface area contributed by atoms with Gasteiger partial charge in [0.15, 0.2) is 0 Å². The van der Waals surface area contributed by atoms with Crippen molar-refractivity contribution in [2.24, 2.45) is 0 Å². The molecule has 0 saturated heterocycles. The minimum atomic E-state index is -0.405. The van der Waals surface area contributed by atoms with E-state index in [0.717, 1.165) is 24.1 Å². The molecule has 0 saturated carbocycles. The van der Waals surface area contributed by atoms with Crippen LogP contribution < -0.4 is 5.32 Å². The number of hydrogen-bond donors (Lipinski definition) is 1. The molecule has 0 fully saturated rings. The molecule has 0 amide bonds. The average Bonchev–Trinajstić information content (AvgIpc) is 2.78. The maximum atomic E-state index is 13.6. The van der Waals surface area contributed by atoms with E-state index in [1.807, 2.05) is 12.1 Å². The Morgan fingerprint density at radius 2 is 2.05 bits per heavy atom. The van der Waals surface area contributed by atoms with E-state index in [4.69, 9.17) is 34.8 Å². The highest BCUT2D eigenvalue weighted by atomic mass is 35.5. The molecule has 0 spiro atoms. The van der Waals surface area contributed by atoms with Gasteiger partial charge in [0.25, 0.3) is 0 Å². The summed E-state index contributed by atoms with van der Waals surface area (Å²) in [6, 6.07) is 6.66. The summed E-state index contributed by atoms with van der Waals surface area (Å²) in [6.45, 7) is 2.92. The van der Waals surface area contributed by atoms with Crippen LogP contribution in [0, 0.1) is 5.82 Å². The number of benzene rings is 1. The number of thiophene rings is 1. The van der Waals surface area contributed by atoms with Gasteiger partial charge in [-0.3, -0.25) is 0 Å². The first-order chi connectivity index (χ1) is 10.0. The summed E-state index contributed by atoms with van der Waals surface area (Å²) in [4.78, 5) is 0. The molecule has 2 rings (SSSR count). The Balaban J connectivity index is 2.28. The van der Waals surface area contributed by atoms with Gasteiger partial charge in [0.2, 0.25) is 0 Å². The van der Waals surface area contributed by atoms with Crippen LogP contribution in [-0.2, 0) is 6.42 Å². The molecule has 1 nitrogen and oxygen atoms in total. The third-order valence-electron chi connectivity index (χ3n) is 3.15. The summed E-state index contributed by atoms with van der Waals surface area (Å²) in [5.74, 6) is -0.405. The second kappa shape index (κ2) is 7.80. The fourth-order valence-corrected chi connectivity index (χ4v) is 3.91. The highest BCUT2D eigenvalue weighted by Gasteiger charge is 2.19. The molecule has 114 valence electrons. The quantitative estimate of drug-likeness (QED) is 0.648. The fourth-order valence-electron chi connectivity index (χ4n) is 2.13. The molecular weight excluding hydrogens is 352 g/mol. The van der Waals surface area contributed by atoms with Crippen LogP contribution in [0.4, 0.5) is 4.39 Å². The average molecular weight is 367 g/mol. The lowest BCUT2D eigenvalue weighted by Gasteiger charge is -2.19. The predicted molar refractivity (Wildman–Crippen MR) is 90.5 cm³/mol. The van der Waals surface area contributed by atoms with Gasteiger partial charge in [0.1, 0.15) is 5.82 Å². The van der Waals surface area contributed by atoms with Gasteiger partial charge in [0, 0.05) is 11.6 Å². The van der Waals surface area contributed by atoms with Gasteiger partial charge in [-0.1, -0.05) is 53.9 Å². The van der Waals surface area contributed by atoms with Gasteiger partial charge >= 0.3 is 0 Å². The molecule has 0 radical (unpaired) electrons. The van der Waals surface area contributed by atoms with Crippen LogP contribution in [0.5, 0.6) is 0 Å². The standard InChI is InChI=1S/C15H15Cl3FNS/c1-2-6-20-12(10-8-13(16)21-15(10)18)7-9-4-3-5-11(19)14(9)17/h3-5,8,12,20H,2,6-7H2,1H3. The Morgan fingerprint density at radius 1 is 1.29 bits per heavy atom. The van der Waals surface area contributed by atoms with Gasteiger partial charge in [-0.05, 0) is 37.1 Å². The second-order valence-electron chi connectivity index (χ2n) is 4.70. The van der Waals surface area contributed by atoms with Crippen molar-refractivity contribution in [1.29, 1.82) is 0 Å². The lowest BCUT2D eigenvalue weighted by Crippen LogP contribution is -2.24. The maximum absolute atomic E-state index is 13.6. The maximum Gasteiger partial charge on any atom is 0.142 e. The van der Waals surface area contributed by atoms with Crippen LogP contribution in [-0.4, -0.2) is 6.54 Å². The van der Waals surface area contributed by atoms with Crippen molar-refractivity contribution in [3.8, 4) is 0 Å². The molecule has 0 aliphatic heterocycles. The van der Waals surface area contributed by atoms with E-state index in [2.05, 4.69) is 12.2 Å². The highest BCUT2D eigenvalue weighted by molar-refractivity contribution is 7.20.